The number of ether oxygens (including phenoxy) is 1. The largest absolute Gasteiger partial charge is 0.381 e. The molecule has 4 nitrogen and oxygen atoms in total. The second-order valence-electron chi connectivity index (χ2n) is 5.30. The molecule has 2 rings (SSSR count). The van der Waals surface area contributed by atoms with Gasteiger partial charge in [0, 0.05) is 19.8 Å². The van der Waals surface area contributed by atoms with E-state index in [0.29, 0.717) is 6.54 Å². The molecule has 0 bridgehead atoms. The molecule has 2 fully saturated rings. The first kappa shape index (κ1) is 15.7. The van der Waals surface area contributed by atoms with E-state index >= 15 is 0 Å². The van der Waals surface area contributed by atoms with Crippen LogP contribution in [0.2, 0.25) is 0 Å². The molecule has 2 saturated carbocycles. The monoisotopic (exact) mass is 276 g/mol. The summed E-state index contributed by atoms with van der Waals surface area (Å²) in [4.78, 5) is 11.4. The van der Waals surface area contributed by atoms with Crippen molar-refractivity contribution in [2.45, 2.75) is 32.1 Å². The first-order valence-electron chi connectivity index (χ1n) is 6.90. The lowest BCUT2D eigenvalue weighted by Gasteiger charge is -2.06. The molecule has 5 heteroatoms. The summed E-state index contributed by atoms with van der Waals surface area (Å²) in [5.74, 6) is 1.77. The number of carbonyl (C=O) groups is 1. The molecule has 0 aliphatic heterocycles. The van der Waals surface area contributed by atoms with Gasteiger partial charge in [-0.3, -0.25) is 4.79 Å². The maximum atomic E-state index is 11.4. The van der Waals surface area contributed by atoms with Crippen molar-refractivity contribution in [2.24, 2.45) is 11.8 Å². The summed E-state index contributed by atoms with van der Waals surface area (Å²) in [5.41, 5.74) is 0. The average Bonchev–Trinajstić information content (AvgIpc) is 3.15. The molecule has 0 aromatic heterocycles. The van der Waals surface area contributed by atoms with Crippen LogP contribution in [0.15, 0.2) is 0 Å². The fraction of sp³-hybridized carbons (Fsp3) is 0.923. The van der Waals surface area contributed by atoms with Gasteiger partial charge in [-0.2, -0.15) is 0 Å². The van der Waals surface area contributed by atoms with Gasteiger partial charge in [-0.05, 0) is 50.5 Å². The van der Waals surface area contributed by atoms with Gasteiger partial charge in [0.25, 0.3) is 0 Å². The molecule has 0 spiro atoms. The van der Waals surface area contributed by atoms with Crippen molar-refractivity contribution >= 4 is 18.3 Å². The molecule has 18 heavy (non-hydrogen) atoms. The minimum atomic E-state index is 0. The third-order valence-electron chi connectivity index (χ3n) is 3.25. The van der Waals surface area contributed by atoms with E-state index in [1.807, 2.05) is 0 Å². The molecule has 0 unspecified atom stereocenters. The molecule has 0 radical (unpaired) electrons. The van der Waals surface area contributed by atoms with Gasteiger partial charge in [-0.25, -0.2) is 0 Å². The smallest absolute Gasteiger partial charge is 0.233 e. The number of halogens is 1. The number of rotatable bonds is 10. The number of amides is 1. The quantitative estimate of drug-likeness (QED) is 0.592. The summed E-state index contributed by atoms with van der Waals surface area (Å²) >= 11 is 0. The Kier molecular flexibility index (Phi) is 7.63. The minimum absolute atomic E-state index is 0. The topological polar surface area (TPSA) is 50.4 Å². The molecule has 0 saturated heterocycles. The van der Waals surface area contributed by atoms with Gasteiger partial charge in [0.15, 0.2) is 0 Å². The zero-order valence-electron chi connectivity index (χ0n) is 11.0. The van der Waals surface area contributed by atoms with E-state index in [0.717, 1.165) is 44.6 Å². The van der Waals surface area contributed by atoms with Gasteiger partial charge < -0.3 is 15.4 Å². The highest BCUT2D eigenvalue weighted by Crippen LogP contribution is 2.28. The summed E-state index contributed by atoms with van der Waals surface area (Å²) in [6, 6.07) is 0. The molecule has 0 heterocycles. The van der Waals surface area contributed by atoms with Crippen molar-refractivity contribution in [1.82, 2.24) is 10.6 Å². The van der Waals surface area contributed by atoms with Gasteiger partial charge in [-0.1, -0.05) is 0 Å². The third-order valence-corrected chi connectivity index (χ3v) is 3.25. The highest BCUT2D eigenvalue weighted by molar-refractivity contribution is 5.85. The van der Waals surface area contributed by atoms with Crippen LogP contribution in [0.3, 0.4) is 0 Å². The van der Waals surface area contributed by atoms with E-state index < -0.39 is 0 Å². The van der Waals surface area contributed by atoms with Gasteiger partial charge in [-0.15, -0.1) is 12.4 Å². The van der Waals surface area contributed by atoms with Crippen molar-refractivity contribution in [2.75, 3.05) is 32.8 Å². The molecule has 2 N–H and O–H groups in total. The fourth-order valence-electron chi connectivity index (χ4n) is 1.71. The lowest BCUT2D eigenvalue weighted by molar-refractivity contribution is -0.120. The van der Waals surface area contributed by atoms with Crippen LogP contribution in [-0.4, -0.2) is 38.8 Å². The highest BCUT2D eigenvalue weighted by Gasteiger charge is 2.21. The summed E-state index contributed by atoms with van der Waals surface area (Å²) < 4.78 is 5.49. The lowest BCUT2D eigenvalue weighted by Crippen LogP contribution is -2.35. The van der Waals surface area contributed by atoms with E-state index in [4.69, 9.17) is 4.74 Å². The molecule has 0 aromatic rings. The van der Waals surface area contributed by atoms with Crippen LogP contribution in [0.4, 0.5) is 0 Å². The Hall–Kier alpha value is -0.320. The predicted octanol–water partition coefficient (Wildman–Crippen LogP) is 1.34. The van der Waals surface area contributed by atoms with Crippen molar-refractivity contribution in [3.63, 3.8) is 0 Å². The third kappa shape index (κ3) is 7.90. The number of carbonyl (C=O) groups excluding carboxylic acids is 1. The van der Waals surface area contributed by atoms with Crippen LogP contribution >= 0.6 is 12.4 Å². The molecule has 2 aliphatic rings. The lowest BCUT2D eigenvalue weighted by atomic mass is 10.4. The maximum Gasteiger partial charge on any atom is 0.233 e. The zero-order chi connectivity index (χ0) is 11.9. The Balaban J connectivity index is 0.00000162. The van der Waals surface area contributed by atoms with E-state index in [1.54, 1.807) is 0 Å². The number of hydrogen-bond donors (Lipinski definition) is 2. The Morgan fingerprint density at radius 1 is 1.17 bits per heavy atom. The fourth-order valence-corrected chi connectivity index (χ4v) is 1.71. The summed E-state index contributed by atoms with van der Waals surface area (Å²) in [6.07, 6.45) is 6.24. The van der Waals surface area contributed by atoms with Crippen molar-refractivity contribution < 1.29 is 9.53 Å². The van der Waals surface area contributed by atoms with Gasteiger partial charge in [0.2, 0.25) is 5.91 Å². The van der Waals surface area contributed by atoms with Crippen molar-refractivity contribution in [3.8, 4) is 0 Å². The normalized spacial score (nSPS) is 18.2. The van der Waals surface area contributed by atoms with E-state index in [9.17, 15) is 4.79 Å². The first-order valence-corrected chi connectivity index (χ1v) is 6.90. The predicted molar refractivity (Wildman–Crippen MR) is 74.0 cm³/mol. The van der Waals surface area contributed by atoms with E-state index in [1.165, 1.54) is 25.7 Å². The molecule has 106 valence electrons. The van der Waals surface area contributed by atoms with Gasteiger partial charge >= 0.3 is 0 Å². The van der Waals surface area contributed by atoms with Gasteiger partial charge in [0.05, 0.1) is 6.54 Å². The molecule has 1 amide bonds. The highest BCUT2D eigenvalue weighted by atomic mass is 35.5. The van der Waals surface area contributed by atoms with Crippen LogP contribution in [-0.2, 0) is 9.53 Å². The van der Waals surface area contributed by atoms with Crippen LogP contribution in [0.5, 0.6) is 0 Å². The Labute approximate surface area is 116 Å². The standard InChI is InChI=1S/C13H24N2O2.ClH/c16-13(9-14-8-11-2-3-11)15-6-1-7-17-10-12-4-5-12;/h11-12,14H,1-10H2,(H,15,16);1H. The second kappa shape index (κ2) is 8.73. The molecule has 0 aromatic carbocycles. The minimum Gasteiger partial charge on any atom is -0.381 e. The second-order valence-corrected chi connectivity index (χ2v) is 5.30. The maximum absolute atomic E-state index is 11.4. The molecular weight excluding hydrogens is 252 g/mol. The van der Waals surface area contributed by atoms with E-state index in [-0.39, 0.29) is 18.3 Å². The summed E-state index contributed by atoms with van der Waals surface area (Å²) in [7, 11) is 0. The van der Waals surface area contributed by atoms with Gasteiger partial charge in [0.1, 0.15) is 0 Å². The number of hydrogen-bond acceptors (Lipinski definition) is 3. The van der Waals surface area contributed by atoms with Crippen molar-refractivity contribution in [3.05, 3.63) is 0 Å². The SMILES string of the molecule is Cl.O=C(CNCC1CC1)NCCCOCC1CC1. The van der Waals surface area contributed by atoms with Crippen LogP contribution < -0.4 is 10.6 Å². The Bertz CT molecular complexity index is 243. The summed E-state index contributed by atoms with van der Waals surface area (Å²) in [5, 5.41) is 6.08. The average molecular weight is 277 g/mol. The summed E-state index contributed by atoms with van der Waals surface area (Å²) in [6.45, 7) is 3.87. The van der Waals surface area contributed by atoms with E-state index in [2.05, 4.69) is 10.6 Å². The van der Waals surface area contributed by atoms with Crippen LogP contribution in [0.25, 0.3) is 0 Å². The molecule has 2 aliphatic carbocycles. The van der Waals surface area contributed by atoms with Crippen LogP contribution in [0, 0.1) is 11.8 Å². The Morgan fingerprint density at radius 3 is 2.56 bits per heavy atom. The molecule has 0 atom stereocenters. The zero-order valence-corrected chi connectivity index (χ0v) is 11.8. The number of nitrogens with one attached hydrogen (secondary N) is 2. The Morgan fingerprint density at radius 2 is 1.89 bits per heavy atom. The first-order chi connectivity index (χ1) is 8.34. The molecular formula is C13H25ClN2O2. The van der Waals surface area contributed by atoms with Crippen molar-refractivity contribution in [1.29, 1.82) is 0 Å². The van der Waals surface area contributed by atoms with Crippen LogP contribution in [0.1, 0.15) is 32.1 Å².